The van der Waals surface area contributed by atoms with Crippen molar-refractivity contribution in [3.8, 4) is 11.5 Å². The summed E-state index contributed by atoms with van der Waals surface area (Å²) >= 11 is 0. The molecule has 0 saturated carbocycles. The standard InChI is InChI=1S/C14H15N3O4/c1-20-12-6-5-10(8-13(12)21-2)9-16-14-11(17(18)19)4-3-7-15-14/h3-8H,9H2,1-2H3,(H,15,16)/p+1. The van der Waals surface area contributed by atoms with Gasteiger partial charge >= 0.3 is 11.5 Å². The molecule has 7 nitrogen and oxygen atoms in total. The quantitative estimate of drug-likeness (QED) is 0.649. The van der Waals surface area contributed by atoms with Gasteiger partial charge in [-0.25, -0.2) is 4.98 Å². The Morgan fingerprint density at radius 1 is 1.24 bits per heavy atom. The molecule has 0 radical (unpaired) electrons. The minimum Gasteiger partial charge on any atom is -0.493 e. The smallest absolute Gasteiger partial charge is 0.357 e. The molecule has 0 bridgehead atoms. The van der Waals surface area contributed by atoms with Gasteiger partial charge in [0.1, 0.15) is 6.54 Å². The van der Waals surface area contributed by atoms with Crippen molar-refractivity contribution in [3.63, 3.8) is 0 Å². The van der Waals surface area contributed by atoms with Crippen molar-refractivity contribution in [2.75, 3.05) is 19.5 Å². The Morgan fingerprint density at radius 2 is 2.00 bits per heavy atom. The molecule has 1 heterocycles. The molecule has 21 heavy (non-hydrogen) atoms. The molecule has 2 aromatic rings. The number of methoxy groups -OCH3 is 2. The summed E-state index contributed by atoms with van der Waals surface area (Å²) in [6.07, 6.45) is 1.63. The number of nitrogens with one attached hydrogen (secondary N) is 2. The molecule has 0 aliphatic rings. The van der Waals surface area contributed by atoms with Gasteiger partial charge in [0.2, 0.25) is 0 Å². The van der Waals surface area contributed by atoms with E-state index in [1.165, 1.54) is 6.07 Å². The first-order valence-electron chi connectivity index (χ1n) is 6.25. The van der Waals surface area contributed by atoms with Crippen molar-refractivity contribution in [1.29, 1.82) is 0 Å². The largest absolute Gasteiger partial charge is 0.493 e. The zero-order valence-corrected chi connectivity index (χ0v) is 11.8. The minimum absolute atomic E-state index is 0.00187. The van der Waals surface area contributed by atoms with E-state index >= 15 is 0 Å². The number of ether oxygens (including phenoxy) is 2. The van der Waals surface area contributed by atoms with Gasteiger partial charge in [-0.05, 0) is 23.8 Å². The van der Waals surface area contributed by atoms with Crippen molar-refractivity contribution in [1.82, 2.24) is 0 Å². The van der Waals surface area contributed by atoms with Gasteiger partial charge in [0.05, 0.1) is 25.3 Å². The fourth-order valence-electron chi connectivity index (χ4n) is 1.90. The highest BCUT2D eigenvalue weighted by Gasteiger charge is 2.19. The van der Waals surface area contributed by atoms with E-state index in [9.17, 15) is 10.1 Å². The van der Waals surface area contributed by atoms with E-state index in [1.54, 1.807) is 32.5 Å². The number of rotatable bonds is 6. The van der Waals surface area contributed by atoms with Crippen molar-refractivity contribution in [2.24, 2.45) is 0 Å². The molecule has 0 spiro atoms. The summed E-state index contributed by atoms with van der Waals surface area (Å²) in [5.41, 5.74) is 0.914. The topological polar surface area (TPSA) is 87.8 Å². The Hall–Kier alpha value is -2.83. The van der Waals surface area contributed by atoms with E-state index in [0.717, 1.165) is 5.56 Å². The fraction of sp³-hybridized carbons (Fsp3) is 0.214. The number of pyridine rings is 1. The zero-order chi connectivity index (χ0) is 15.2. The van der Waals surface area contributed by atoms with Crippen LogP contribution in [0, 0.1) is 10.1 Å². The average molecular weight is 290 g/mol. The van der Waals surface area contributed by atoms with E-state index in [4.69, 9.17) is 9.47 Å². The van der Waals surface area contributed by atoms with Crippen molar-refractivity contribution in [2.45, 2.75) is 6.54 Å². The van der Waals surface area contributed by atoms with Gasteiger partial charge in [-0.1, -0.05) is 6.07 Å². The molecule has 0 fully saturated rings. The second-order valence-corrected chi connectivity index (χ2v) is 4.23. The molecule has 0 atom stereocenters. The number of benzene rings is 1. The molecule has 0 aliphatic carbocycles. The number of aromatic nitrogens is 1. The second kappa shape index (κ2) is 6.56. The first kappa shape index (κ1) is 14.6. The number of aromatic amines is 1. The molecule has 0 saturated heterocycles. The Labute approximate surface area is 121 Å². The van der Waals surface area contributed by atoms with Crippen LogP contribution in [0.4, 0.5) is 11.5 Å². The van der Waals surface area contributed by atoms with Crippen LogP contribution in [-0.4, -0.2) is 19.1 Å². The molecule has 2 N–H and O–H groups in total. The van der Waals surface area contributed by atoms with E-state index in [-0.39, 0.29) is 5.69 Å². The fourth-order valence-corrected chi connectivity index (χ4v) is 1.90. The van der Waals surface area contributed by atoms with Crippen LogP contribution in [0.5, 0.6) is 11.5 Å². The summed E-state index contributed by atoms with van der Waals surface area (Å²) in [7, 11) is 3.13. The molecular formula is C14H16N3O4+. The molecule has 0 aliphatic heterocycles. The lowest BCUT2D eigenvalue weighted by Crippen LogP contribution is -2.14. The van der Waals surface area contributed by atoms with Gasteiger partial charge in [0.15, 0.2) is 11.5 Å². The number of hydrogen-bond acceptors (Lipinski definition) is 5. The highest BCUT2D eigenvalue weighted by Crippen LogP contribution is 2.28. The Kier molecular flexibility index (Phi) is 4.55. The number of nitrogens with zero attached hydrogens (tertiary/aromatic N) is 1. The Morgan fingerprint density at radius 3 is 2.67 bits per heavy atom. The molecule has 7 heteroatoms. The first-order valence-corrected chi connectivity index (χ1v) is 6.25. The van der Waals surface area contributed by atoms with E-state index in [1.807, 2.05) is 12.1 Å². The monoisotopic (exact) mass is 290 g/mol. The lowest BCUT2D eigenvalue weighted by Gasteiger charge is -2.08. The summed E-state index contributed by atoms with van der Waals surface area (Å²) in [5.74, 6) is 1.61. The molecule has 0 amide bonds. The van der Waals surface area contributed by atoms with Gasteiger partial charge in [-0.3, -0.25) is 15.4 Å². The molecule has 2 rings (SSSR count). The number of hydrogen-bond donors (Lipinski definition) is 1. The molecule has 110 valence electrons. The lowest BCUT2D eigenvalue weighted by molar-refractivity contribution is -0.409. The SMILES string of the molecule is COc1ccc(CNc2[nH+]cccc2[N+](=O)[O-])cc1OC. The molecule has 1 aromatic carbocycles. The highest BCUT2D eigenvalue weighted by molar-refractivity contribution is 5.51. The van der Waals surface area contributed by atoms with Gasteiger partial charge < -0.3 is 9.47 Å². The lowest BCUT2D eigenvalue weighted by atomic mass is 10.2. The third kappa shape index (κ3) is 3.38. The van der Waals surface area contributed by atoms with Gasteiger partial charge in [-0.15, -0.1) is 0 Å². The van der Waals surface area contributed by atoms with Gasteiger partial charge in [0, 0.05) is 6.07 Å². The molecular weight excluding hydrogens is 274 g/mol. The van der Waals surface area contributed by atoms with Crippen LogP contribution < -0.4 is 19.8 Å². The van der Waals surface area contributed by atoms with Crippen LogP contribution >= 0.6 is 0 Å². The van der Waals surface area contributed by atoms with Crippen molar-refractivity contribution >= 4 is 11.5 Å². The second-order valence-electron chi connectivity index (χ2n) is 4.23. The van der Waals surface area contributed by atoms with Gasteiger partial charge in [0.25, 0.3) is 0 Å². The molecule has 0 unspecified atom stereocenters. The third-order valence-electron chi connectivity index (χ3n) is 2.95. The maximum absolute atomic E-state index is 10.9. The Bertz CT molecular complexity index is 646. The number of nitro groups is 1. The third-order valence-corrected chi connectivity index (χ3v) is 2.95. The van der Waals surface area contributed by atoms with Crippen LogP contribution in [0.25, 0.3) is 0 Å². The van der Waals surface area contributed by atoms with Crippen LogP contribution in [0.1, 0.15) is 5.56 Å². The van der Waals surface area contributed by atoms with Crippen LogP contribution in [0.3, 0.4) is 0 Å². The maximum Gasteiger partial charge on any atom is 0.357 e. The first-order chi connectivity index (χ1) is 10.2. The summed E-state index contributed by atoms with van der Waals surface area (Å²) in [6.45, 7) is 0.418. The van der Waals surface area contributed by atoms with Crippen molar-refractivity contribution < 1.29 is 19.4 Å². The Balaban J connectivity index is 2.15. The predicted octanol–water partition coefficient (Wildman–Crippen LogP) is 2.04. The zero-order valence-electron chi connectivity index (χ0n) is 11.8. The van der Waals surface area contributed by atoms with Crippen molar-refractivity contribution in [3.05, 3.63) is 52.2 Å². The normalized spacial score (nSPS) is 10.0. The maximum atomic E-state index is 10.9. The molecule has 1 aromatic heterocycles. The van der Waals surface area contributed by atoms with Crippen LogP contribution in [0.2, 0.25) is 0 Å². The summed E-state index contributed by atoms with van der Waals surface area (Å²) in [5, 5.41) is 13.9. The summed E-state index contributed by atoms with van der Waals surface area (Å²) in [4.78, 5) is 13.3. The average Bonchev–Trinajstić information content (AvgIpc) is 2.52. The minimum atomic E-state index is -0.437. The summed E-state index contributed by atoms with van der Waals surface area (Å²) in [6, 6.07) is 8.50. The summed E-state index contributed by atoms with van der Waals surface area (Å²) < 4.78 is 10.4. The van der Waals surface area contributed by atoms with E-state index < -0.39 is 4.92 Å². The number of anilines is 1. The van der Waals surface area contributed by atoms with Crippen LogP contribution in [-0.2, 0) is 6.54 Å². The van der Waals surface area contributed by atoms with E-state index in [0.29, 0.717) is 23.9 Å². The highest BCUT2D eigenvalue weighted by atomic mass is 16.6. The number of H-pyrrole nitrogens is 1. The predicted molar refractivity (Wildman–Crippen MR) is 76.5 cm³/mol. The van der Waals surface area contributed by atoms with Gasteiger partial charge in [-0.2, -0.15) is 0 Å². The van der Waals surface area contributed by atoms with E-state index in [2.05, 4.69) is 10.3 Å². The van der Waals surface area contributed by atoms with Crippen LogP contribution in [0.15, 0.2) is 36.5 Å².